The van der Waals surface area contributed by atoms with E-state index in [1.807, 2.05) is 24.3 Å². The van der Waals surface area contributed by atoms with E-state index in [1.54, 1.807) is 0 Å². The van der Waals surface area contributed by atoms with Crippen molar-refractivity contribution in [1.29, 1.82) is 0 Å². The van der Waals surface area contributed by atoms with Gasteiger partial charge in [0.15, 0.2) is 0 Å². The molecule has 0 bridgehead atoms. The molecule has 1 aromatic carbocycles. The SMILES string of the molecule is C=CCn1c(N2CCC(C(=O)NCCO)CC2)nc2ccccc21. The summed E-state index contributed by atoms with van der Waals surface area (Å²) in [4.78, 5) is 19.1. The number of nitrogens with zero attached hydrogens (tertiary/aromatic N) is 3. The number of piperidine rings is 1. The van der Waals surface area contributed by atoms with E-state index >= 15 is 0 Å². The summed E-state index contributed by atoms with van der Waals surface area (Å²) >= 11 is 0. The van der Waals surface area contributed by atoms with Gasteiger partial charge in [0.2, 0.25) is 11.9 Å². The van der Waals surface area contributed by atoms with Crippen LogP contribution < -0.4 is 10.2 Å². The molecule has 0 radical (unpaired) electrons. The number of aliphatic hydroxyl groups is 1. The molecule has 0 unspecified atom stereocenters. The zero-order chi connectivity index (χ0) is 16.9. The lowest BCUT2D eigenvalue weighted by Gasteiger charge is -2.32. The molecule has 6 heteroatoms. The molecule has 2 aromatic rings. The first-order valence-electron chi connectivity index (χ1n) is 8.44. The van der Waals surface area contributed by atoms with Crippen molar-refractivity contribution in [1.82, 2.24) is 14.9 Å². The number of imidazole rings is 1. The van der Waals surface area contributed by atoms with Crippen LogP contribution in [0, 0.1) is 5.92 Å². The Morgan fingerprint density at radius 3 is 2.83 bits per heavy atom. The van der Waals surface area contributed by atoms with E-state index in [0.717, 1.165) is 42.9 Å². The van der Waals surface area contributed by atoms with Crippen molar-refractivity contribution >= 4 is 22.9 Å². The number of amides is 1. The average molecular weight is 328 g/mol. The highest BCUT2D eigenvalue weighted by molar-refractivity contribution is 5.80. The van der Waals surface area contributed by atoms with E-state index in [4.69, 9.17) is 10.1 Å². The van der Waals surface area contributed by atoms with Crippen LogP contribution in [0.15, 0.2) is 36.9 Å². The van der Waals surface area contributed by atoms with Gasteiger partial charge < -0.3 is 19.9 Å². The van der Waals surface area contributed by atoms with Crippen LogP contribution in [-0.2, 0) is 11.3 Å². The summed E-state index contributed by atoms with van der Waals surface area (Å²) in [5.74, 6) is 1.01. The van der Waals surface area contributed by atoms with Crippen molar-refractivity contribution in [3.63, 3.8) is 0 Å². The lowest BCUT2D eigenvalue weighted by atomic mass is 9.96. The third-order valence-corrected chi connectivity index (χ3v) is 4.51. The molecule has 1 amide bonds. The highest BCUT2D eigenvalue weighted by Crippen LogP contribution is 2.27. The fourth-order valence-corrected chi connectivity index (χ4v) is 3.28. The van der Waals surface area contributed by atoms with Gasteiger partial charge in [0, 0.05) is 32.1 Å². The smallest absolute Gasteiger partial charge is 0.223 e. The van der Waals surface area contributed by atoms with Crippen LogP contribution in [0.3, 0.4) is 0 Å². The van der Waals surface area contributed by atoms with Crippen LogP contribution in [0.25, 0.3) is 11.0 Å². The number of aliphatic hydroxyl groups excluding tert-OH is 1. The Labute approximate surface area is 141 Å². The van der Waals surface area contributed by atoms with Gasteiger partial charge in [-0.15, -0.1) is 6.58 Å². The van der Waals surface area contributed by atoms with Gasteiger partial charge in [-0.25, -0.2) is 4.98 Å². The lowest BCUT2D eigenvalue weighted by Crippen LogP contribution is -2.42. The molecule has 1 aromatic heterocycles. The Kier molecular flexibility index (Phi) is 5.15. The maximum absolute atomic E-state index is 12.0. The molecule has 24 heavy (non-hydrogen) atoms. The van der Waals surface area contributed by atoms with Gasteiger partial charge in [0.05, 0.1) is 17.6 Å². The Morgan fingerprint density at radius 2 is 2.12 bits per heavy atom. The second kappa shape index (κ2) is 7.49. The summed E-state index contributed by atoms with van der Waals surface area (Å²) in [5, 5.41) is 11.6. The third kappa shape index (κ3) is 3.28. The largest absolute Gasteiger partial charge is 0.395 e. The first kappa shape index (κ1) is 16.5. The molecule has 1 fully saturated rings. The Morgan fingerprint density at radius 1 is 1.38 bits per heavy atom. The number of para-hydroxylation sites is 2. The number of allylic oxidation sites excluding steroid dienone is 1. The topological polar surface area (TPSA) is 70.4 Å². The van der Waals surface area contributed by atoms with Crippen LogP contribution in [0.2, 0.25) is 0 Å². The summed E-state index contributed by atoms with van der Waals surface area (Å²) in [5.41, 5.74) is 2.09. The maximum Gasteiger partial charge on any atom is 0.223 e. The third-order valence-electron chi connectivity index (χ3n) is 4.51. The minimum Gasteiger partial charge on any atom is -0.395 e. The molecule has 2 heterocycles. The lowest BCUT2D eigenvalue weighted by molar-refractivity contribution is -0.125. The number of hydrogen-bond acceptors (Lipinski definition) is 4. The van der Waals surface area contributed by atoms with Gasteiger partial charge in [-0.3, -0.25) is 4.79 Å². The molecule has 1 saturated heterocycles. The van der Waals surface area contributed by atoms with Crippen molar-refractivity contribution in [2.24, 2.45) is 5.92 Å². The van der Waals surface area contributed by atoms with E-state index in [0.29, 0.717) is 13.1 Å². The molecule has 0 saturated carbocycles. The molecular formula is C18H24N4O2. The molecule has 128 valence electrons. The Bertz CT molecular complexity index is 717. The first-order chi connectivity index (χ1) is 11.7. The normalized spacial score (nSPS) is 15.6. The van der Waals surface area contributed by atoms with E-state index < -0.39 is 0 Å². The number of rotatable bonds is 6. The van der Waals surface area contributed by atoms with Crippen LogP contribution in [0.1, 0.15) is 12.8 Å². The van der Waals surface area contributed by atoms with Crippen LogP contribution in [0.5, 0.6) is 0 Å². The molecule has 1 aliphatic rings. The predicted octanol–water partition coefficient (Wildman–Crippen LogP) is 1.55. The Balaban J connectivity index is 1.74. The van der Waals surface area contributed by atoms with E-state index in [-0.39, 0.29) is 18.4 Å². The van der Waals surface area contributed by atoms with Gasteiger partial charge in [-0.1, -0.05) is 18.2 Å². The van der Waals surface area contributed by atoms with Gasteiger partial charge in [0.25, 0.3) is 0 Å². The van der Waals surface area contributed by atoms with Crippen molar-refractivity contribution in [2.75, 3.05) is 31.1 Å². The zero-order valence-corrected chi connectivity index (χ0v) is 13.8. The second-order valence-corrected chi connectivity index (χ2v) is 6.08. The summed E-state index contributed by atoms with van der Waals surface area (Å²) in [6.07, 6.45) is 3.48. The molecular weight excluding hydrogens is 304 g/mol. The number of carbonyl (C=O) groups is 1. The molecule has 3 rings (SSSR count). The van der Waals surface area contributed by atoms with E-state index in [1.165, 1.54) is 0 Å². The monoisotopic (exact) mass is 328 g/mol. The minimum absolute atomic E-state index is 0.0177. The number of nitrogens with one attached hydrogen (secondary N) is 1. The highest BCUT2D eigenvalue weighted by Gasteiger charge is 2.27. The number of benzene rings is 1. The molecule has 6 nitrogen and oxygen atoms in total. The van der Waals surface area contributed by atoms with Gasteiger partial charge in [0.1, 0.15) is 0 Å². The molecule has 2 N–H and O–H groups in total. The van der Waals surface area contributed by atoms with Crippen molar-refractivity contribution in [2.45, 2.75) is 19.4 Å². The number of carbonyl (C=O) groups excluding carboxylic acids is 1. The number of hydrogen-bond donors (Lipinski definition) is 2. The fourth-order valence-electron chi connectivity index (χ4n) is 3.28. The number of anilines is 1. The summed E-state index contributed by atoms with van der Waals surface area (Å²) < 4.78 is 2.18. The van der Waals surface area contributed by atoms with Gasteiger partial charge in [-0.05, 0) is 25.0 Å². The average Bonchev–Trinajstić information content (AvgIpc) is 2.99. The van der Waals surface area contributed by atoms with Crippen molar-refractivity contribution in [3.8, 4) is 0 Å². The van der Waals surface area contributed by atoms with Gasteiger partial charge >= 0.3 is 0 Å². The second-order valence-electron chi connectivity index (χ2n) is 6.08. The first-order valence-corrected chi connectivity index (χ1v) is 8.44. The predicted molar refractivity (Wildman–Crippen MR) is 95.0 cm³/mol. The molecule has 0 spiro atoms. The zero-order valence-electron chi connectivity index (χ0n) is 13.8. The molecule has 0 aliphatic carbocycles. The summed E-state index contributed by atoms with van der Waals surface area (Å²) in [6, 6.07) is 8.11. The standard InChI is InChI=1S/C18H24N4O2/c1-2-10-22-16-6-4-3-5-15(16)20-18(22)21-11-7-14(8-12-21)17(24)19-9-13-23/h2-6,14,23H,1,7-13H2,(H,19,24). The van der Waals surface area contributed by atoms with Crippen LogP contribution in [0.4, 0.5) is 5.95 Å². The molecule has 1 aliphatic heterocycles. The van der Waals surface area contributed by atoms with Gasteiger partial charge in [-0.2, -0.15) is 0 Å². The fraction of sp³-hybridized carbons (Fsp3) is 0.444. The van der Waals surface area contributed by atoms with Crippen LogP contribution >= 0.6 is 0 Å². The molecule has 0 atom stereocenters. The highest BCUT2D eigenvalue weighted by atomic mass is 16.3. The van der Waals surface area contributed by atoms with E-state index in [9.17, 15) is 4.79 Å². The van der Waals surface area contributed by atoms with Crippen molar-refractivity contribution in [3.05, 3.63) is 36.9 Å². The minimum atomic E-state index is -0.0177. The number of fused-ring (bicyclic) bond motifs is 1. The summed E-state index contributed by atoms with van der Waals surface area (Å²) in [6.45, 7) is 6.48. The van der Waals surface area contributed by atoms with E-state index in [2.05, 4.69) is 27.4 Å². The maximum atomic E-state index is 12.0. The number of aromatic nitrogens is 2. The van der Waals surface area contributed by atoms with Crippen LogP contribution in [-0.4, -0.2) is 46.8 Å². The quantitative estimate of drug-likeness (QED) is 0.789. The Hall–Kier alpha value is -2.34. The summed E-state index contributed by atoms with van der Waals surface area (Å²) in [7, 11) is 0. The van der Waals surface area contributed by atoms with Crippen molar-refractivity contribution < 1.29 is 9.90 Å².